The molecule has 1 N–H and O–H groups in total. The topological polar surface area (TPSA) is 46.2 Å². The second kappa shape index (κ2) is 3.52. The maximum absolute atomic E-state index is 12.2. The third-order valence-corrected chi connectivity index (χ3v) is 5.31. The van der Waals surface area contributed by atoms with E-state index in [9.17, 15) is 8.42 Å². The molecule has 15 heavy (non-hydrogen) atoms. The molecule has 0 saturated carbocycles. The Labute approximate surface area is 90.4 Å². The number of para-hydroxylation sites is 1. The Hall–Kier alpha value is -1.03. The SMILES string of the molecule is CC(C)C1CNc2ccccc2S1(=O)=O. The number of hydrogen-bond acceptors (Lipinski definition) is 3. The van der Waals surface area contributed by atoms with Crippen LogP contribution in [-0.4, -0.2) is 20.2 Å². The van der Waals surface area contributed by atoms with Gasteiger partial charge >= 0.3 is 0 Å². The number of hydrogen-bond donors (Lipinski definition) is 1. The zero-order chi connectivity index (χ0) is 11.1. The van der Waals surface area contributed by atoms with E-state index < -0.39 is 9.84 Å². The van der Waals surface area contributed by atoms with Gasteiger partial charge in [0.25, 0.3) is 0 Å². The molecular formula is C11H15NO2S. The molecule has 2 rings (SSSR count). The van der Waals surface area contributed by atoms with Crippen molar-refractivity contribution in [2.75, 3.05) is 11.9 Å². The van der Waals surface area contributed by atoms with E-state index in [4.69, 9.17) is 0 Å². The monoisotopic (exact) mass is 225 g/mol. The van der Waals surface area contributed by atoms with Gasteiger partial charge in [0.15, 0.2) is 9.84 Å². The highest BCUT2D eigenvalue weighted by molar-refractivity contribution is 7.92. The fourth-order valence-corrected chi connectivity index (χ4v) is 4.00. The number of sulfone groups is 1. The Bertz CT molecular complexity index is 465. The van der Waals surface area contributed by atoms with Gasteiger partial charge in [-0.2, -0.15) is 0 Å². The summed E-state index contributed by atoms with van der Waals surface area (Å²) in [6, 6.07) is 7.09. The number of anilines is 1. The third-order valence-electron chi connectivity index (χ3n) is 2.83. The molecule has 0 radical (unpaired) electrons. The van der Waals surface area contributed by atoms with Gasteiger partial charge in [0, 0.05) is 6.54 Å². The van der Waals surface area contributed by atoms with Crippen molar-refractivity contribution in [2.45, 2.75) is 24.0 Å². The highest BCUT2D eigenvalue weighted by atomic mass is 32.2. The maximum Gasteiger partial charge on any atom is 0.185 e. The Morgan fingerprint density at radius 3 is 2.67 bits per heavy atom. The van der Waals surface area contributed by atoms with Crippen LogP contribution in [0.4, 0.5) is 5.69 Å². The van der Waals surface area contributed by atoms with Gasteiger partial charge in [-0.15, -0.1) is 0 Å². The molecule has 1 aliphatic rings. The van der Waals surface area contributed by atoms with E-state index >= 15 is 0 Å². The molecule has 1 unspecified atom stereocenters. The molecule has 0 aromatic heterocycles. The molecule has 1 atom stereocenters. The summed E-state index contributed by atoms with van der Waals surface area (Å²) >= 11 is 0. The van der Waals surface area contributed by atoms with Gasteiger partial charge in [-0.25, -0.2) is 8.42 Å². The maximum atomic E-state index is 12.2. The lowest BCUT2D eigenvalue weighted by atomic mass is 10.1. The van der Waals surface area contributed by atoms with Crippen LogP contribution in [0.1, 0.15) is 13.8 Å². The smallest absolute Gasteiger partial charge is 0.185 e. The predicted molar refractivity (Wildman–Crippen MR) is 60.7 cm³/mol. The second-order valence-corrected chi connectivity index (χ2v) is 6.34. The van der Waals surface area contributed by atoms with Crippen molar-refractivity contribution in [3.63, 3.8) is 0 Å². The summed E-state index contributed by atoms with van der Waals surface area (Å²) in [6.07, 6.45) is 0. The molecule has 0 fully saturated rings. The molecule has 3 nitrogen and oxygen atoms in total. The highest BCUT2D eigenvalue weighted by Gasteiger charge is 2.35. The molecule has 1 aromatic rings. The zero-order valence-electron chi connectivity index (χ0n) is 8.90. The van der Waals surface area contributed by atoms with E-state index in [1.807, 2.05) is 26.0 Å². The van der Waals surface area contributed by atoms with Crippen LogP contribution in [0.5, 0.6) is 0 Å². The van der Waals surface area contributed by atoms with E-state index in [0.29, 0.717) is 11.4 Å². The largest absolute Gasteiger partial charge is 0.383 e. The number of nitrogens with one attached hydrogen (secondary N) is 1. The number of fused-ring (bicyclic) bond motifs is 1. The van der Waals surface area contributed by atoms with Gasteiger partial charge < -0.3 is 5.32 Å². The minimum atomic E-state index is -3.14. The van der Waals surface area contributed by atoms with Crippen LogP contribution in [0.3, 0.4) is 0 Å². The lowest BCUT2D eigenvalue weighted by Gasteiger charge is -2.28. The van der Waals surface area contributed by atoms with Crippen LogP contribution in [0.15, 0.2) is 29.2 Å². The molecule has 1 heterocycles. The minimum Gasteiger partial charge on any atom is -0.383 e. The van der Waals surface area contributed by atoms with Crippen LogP contribution >= 0.6 is 0 Å². The molecule has 1 aromatic carbocycles. The van der Waals surface area contributed by atoms with Crippen LogP contribution in [0.25, 0.3) is 0 Å². The van der Waals surface area contributed by atoms with Crippen LogP contribution in [0.2, 0.25) is 0 Å². The second-order valence-electron chi connectivity index (χ2n) is 4.20. The van der Waals surface area contributed by atoms with E-state index in [0.717, 1.165) is 5.69 Å². The average molecular weight is 225 g/mol. The van der Waals surface area contributed by atoms with Crippen LogP contribution < -0.4 is 5.32 Å². The summed E-state index contributed by atoms with van der Waals surface area (Å²) in [5, 5.41) is 2.86. The highest BCUT2D eigenvalue weighted by Crippen LogP contribution is 2.31. The Morgan fingerprint density at radius 1 is 1.33 bits per heavy atom. The Morgan fingerprint density at radius 2 is 2.00 bits per heavy atom. The van der Waals surface area contributed by atoms with Gasteiger partial charge in [0.05, 0.1) is 15.8 Å². The lowest BCUT2D eigenvalue weighted by molar-refractivity contribution is 0.533. The molecule has 0 aliphatic carbocycles. The van der Waals surface area contributed by atoms with E-state index in [1.165, 1.54) is 0 Å². The van der Waals surface area contributed by atoms with Gasteiger partial charge in [-0.1, -0.05) is 26.0 Å². The molecule has 4 heteroatoms. The van der Waals surface area contributed by atoms with E-state index in [-0.39, 0.29) is 11.2 Å². The van der Waals surface area contributed by atoms with Crippen molar-refractivity contribution in [1.29, 1.82) is 0 Å². The molecule has 0 bridgehead atoms. The molecule has 1 aliphatic heterocycles. The van der Waals surface area contributed by atoms with Crippen molar-refractivity contribution < 1.29 is 8.42 Å². The predicted octanol–water partition coefficient (Wildman–Crippen LogP) is 1.91. The van der Waals surface area contributed by atoms with Gasteiger partial charge in [0.1, 0.15) is 0 Å². The van der Waals surface area contributed by atoms with Crippen molar-refractivity contribution >= 4 is 15.5 Å². The molecule has 0 saturated heterocycles. The van der Waals surface area contributed by atoms with Crippen molar-refractivity contribution in [3.05, 3.63) is 24.3 Å². The molecule has 82 valence electrons. The van der Waals surface area contributed by atoms with Gasteiger partial charge in [-0.05, 0) is 18.1 Å². The Balaban J connectivity index is 2.55. The lowest BCUT2D eigenvalue weighted by Crippen LogP contribution is -2.38. The molecular weight excluding hydrogens is 210 g/mol. The molecule has 0 spiro atoms. The minimum absolute atomic E-state index is 0.135. The fraction of sp³-hybridized carbons (Fsp3) is 0.455. The van der Waals surface area contributed by atoms with E-state index in [1.54, 1.807) is 12.1 Å². The van der Waals surface area contributed by atoms with Crippen LogP contribution in [-0.2, 0) is 9.84 Å². The quantitative estimate of drug-likeness (QED) is 0.794. The zero-order valence-corrected chi connectivity index (χ0v) is 9.71. The summed E-state index contributed by atoms with van der Waals surface area (Å²) in [7, 11) is -3.14. The van der Waals surface area contributed by atoms with E-state index in [2.05, 4.69) is 5.32 Å². The summed E-state index contributed by atoms with van der Waals surface area (Å²) in [4.78, 5) is 0.440. The van der Waals surface area contributed by atoms with Gasteiger partial charge in [-0.3, -0.25) is 0 Å². The Kier molecular flexibility index (Phi) is 2.46. The van der Waals surface area contributed by atoms with Gasteiger partial charge in [0.2, 0.25) is 0 Å². The first-order chi connectivity index (χ1) is 7.03. The first-order valence-corrected chi connectivity index (χ1v) is 6.65. The first-order valence-electron chi connectivity index (χ1n) is 5.10. The van der Waals surface area contributed by atoms with Crippen LogP contribution in [0, 0.1) is 5.92 Å². The standard InChI is InChI=1S/C11H15NO2S/c1-8(2)11-7-12-9-5-3-4-6-10(9)15(11,13)14/h3-6,8,11-12H,7H2,1-2H3. The summed E-state index contributed by atoms with van der Waals surface area (Å²) in [6.45, 7) is 4.40. The number of rotatable bonds is 1. The summed E-state index contributed by atoms with van der Waals surface area (Å²) in [5.74, 6) is 0.135. The van der Waals surface area contributed by atoms with Crippen molar-refractivity contribution in [1.82, 2.24) is 0 Å². The average Bonchev–Trinajstić information content (AvgIpc) is 2.17. The van der Waals surface area contributed by atoms with Crippen molar-refractivity contribution in [3.8, 4) is 0 Å². The molecule has 0 amide bonds. The first kappa shape index (κ1) is 10.5. The fourth-order valence-electron chi connectivity index (χ4n) is 1.94. The summed E-state index contributed by atoms with van der Waals surface area (Å²) < 4.78 is 24.4. The number of benzene rings is 1. The third kappa shape index (κ3) is 1.63. The summed E-state index contributed by atoms with van der Waals surface area (Å²) in [5.41, 5.74) is 0.731. The van der Waals surface area contributed by atoms with Crippen molar-refractivity contribution in [2.24, 2.45) is 5.92 Å². The normalized spacial score (nSPS) is 23.3.